The average molecular weight is 294 g/mol. The number of carbonyl (C=O) groups is 1. The van der Waals surface area contributed by atoms with Crippen molar-refractivity contribution in [3.63, 3.8) is 0 Å². The van der Waals surface area contributed by atoms with E-state index >= 15 is 0 Å². The summed E-state index contributed by atoms with van der Waals surface area (Å²) in [6.07, 6.45) is 1.62. The summed E-state index contributed by atoms with van der Waals surface area (Å²) in [4.78, 5) is 11.8. The molecule has 1 saturated heterocycles. The molecule has 1 aromatic rings. The van der Waals surface area contributed by atoms with Crippen LogP contribution in [0, 0.1) is 11.8 Å². The van der Waals surface area contributed by atoms with Crippen LogP contribution in [0.4, 0.5) is 11.4 Å². The highest BCUT2D eigenvalue weighted by Gasteiger charge is 2.39. The predicted molar refractivity (Wildman–Crippen MR) is 78.1 cm³/mol. The van der Waals surface area contributed by atoms with Crippen molar-refractivity contribution in [1.82, 2.24) is 0 Å². The highest BCUT2D eigenvalue weighted by Crippen LogP contribution is 2.38. The van der Waals surface area contributed by atoms with Gasteiger partial charge in [-0.15, -0.1) is 0 Å². The van der Waals surface area contributed by atoms with Crippen LogP contribution in [0.25, 0.3) is 0 Å². The molecule has 5 nitrogen and oxygen atoms in total. The Hall–Kier alpha value is -1.56. The van der Waals surface area contributed by atoms with Crippen LogP contribution in [0.15, 0.2) is 24.3 Å². The maximum absolute atomic E-state index is 11.8. The molecule has 1 saturated carbocycles. The second-order valence-corrected chi connectivity index (χ2v) is 7.61. The van der Waals surface area contributed by atoms with Crippen LogP contribution in [0.2, 0.25) is 0 Å². The summed E-state index contributed by atoms with van der Waals surface area (Å²) in [6, 6.07) is 7.01. The van der Waals surface area contributed by atoms with Gasteiger partial charge in [-0.2, -0.15) is 0 Å². The molecule has 6 heteroatoms. The van der Waals surface area contributed by atoms with Crippen molar-refractivity contribution >= 4 is 27.3 Å². The summed E-state index contributed by atoms with van der Waals surface area (Å²) in [5.74, 6) is 0.877. The Labute approximate surface area is 119 Å². The van der Waals surface area contributed by atoms with E-state index in [0.29, 0.717) is 24.6 Å². The van der Waals surface area contributed by atoms with Crippen molar-refractivity contribution in [2.75, 3.05) is 21.9 Å². The molecule has 1 aromatic carbocycles. The smallest absolute Gasteiger partial charge is 0.235 e. The number of anilines is 2. The van der Waals surface area contributed by atoms with Gasteiger partial charge in [0.1, 0.15) is 0 Å². The number of carbonyl (C=O) groups excluding carboxylic acids is 1. The molecule has 0 radical (unpaired) electrons. The first-order valence-corrected chi connectivity index (χ1v) is 8.49. The molecule has 2 atom stereocenters. The van der Waals surface area contributed by atoms with Crippen LogP contribution in [0.1, 0.15) is 19.8 Å². The van der Waals surface area contributed by atoms with Crippen LogP contribution in [-0.2, 0) is 14.8 Å². The van der Waals surface area contributed by atoms with Crippen LogP contribution in [-0.4, -0.2) is 26.6 Å². The fraction of sp³-hybridized carbons (Fsp3) is 0.500. The summed E-state index contributed by atoms with van der Waals surface area (Å²) >= 11 is 0. The van der Waals surface area contributed by atoms with Gasteiger partial charge in [-0.05, 0) is 43.0 Å². The summed E-state index contributed by atoms with van der Waals surface area (Å²) in [5, 5.41) is 2.87. The largest absolute Gasteiger partial charge is 0.326 e. The molecule has 108 valence electrons. The van der Waals surface area contributed by atoms with E-state index in [0.717, 1.165) is 12.1 Å². The van der Waals surface area contributed by atoms with Gasteiger partial charge in [0.25, 0.3) is 0 Å². The number of nitrogens with one attached hydrogen (secondary N) is 1. The standard InChI is InChI=1S/C14H18N2O3S/c1-10-9-13(10)14(17)15-11-3-5-12(6-4-11)16-7-2-8-20(16,18)19/h3-6,10,13H,2,7-9H2,1H3,(H,15,17)/t10-,13+/m1/s1. The lowest BCUT2D eigenvalue weighted by Gasteiger charge is -2.17. The van der Waals surface area contributed by atoms with E-state index in [1.807, 2.05) is 0 Å². The van der Waals surface area contributed by atoms with Crippen molar-refractivity contribution in [2.45, 2.75) is 19.8 Å². The summed E-state index contributed by atoms with van der Waals surface area (Å²) in [7, 11) is -3.14. The number of nitrogens with zero attached hydrogens (tertiary/aromatic N) is 1. The van der Waals surface area contributed by atoms with E-state index in [-0.39, 0.29) is 17.6 Å². The minimum Gasteiger partial charge on any atom is -0.326 e. The first kappa shape index (κ1) is 13.4. The molecular formula is C14H18N2O3S. The normalized spacial score (nSPS) is 27.4. The molecule has 0 spiro atoms. The van der Waals surface area contributed by atoms with Crippen molar-refractivity contribution in [3.8, 4) is 0 Å². The Morgan fingerprint density at radius 3 is 2.45 bits per heavy atom. The number of hydrogen-bond acceptors (Lipinski definition) is 3. The lowest BCUT2D eigenvalue weighted by atomic mass is 10.2. The first-order chi connectivity index (χ1) is 9.47. The molecular weight excluding hydrogens is 276 g/mol. The number of amides is 1. The minimum absolute atomic E-state index is 0.0547. The number of benzene rings is 1. The Morgan fingerprint density at radius 2 is 1.95 bits per heavy atom. The molecule has 1 aliphatic carbocycles. The van der Waals surface area contributed by atoms with Gasteiger partial charge < -0.3 is 5.32 Å². The van der Waals surface area contributed by atoms with E-state index in [2.05, 4.69) is 12.2 Å². The number of sulfonamides is 1. The fourth-order valence-corrected chi connectivity index (χ4v) is 4.13. The van der Waals surface area contributed by atoms with Gasteiger partial charge >= 0.3 is 0 Å². The van der Waals surface area contributed by atoms with Crippen molar-refractivity contribution in [3.05, 3.63) is 24.3 Å². The zero-order valence-corrected chi connectivity index (χ0v) is 12.2. The van der Waals surface area contributed by atoms with Crippen molar-refractivity contribution in [1.29, 1.82) is 0 Å². The molecule has 0 aromatic heterocycles. The SMILES string of the molecule is C[C@@H]1C[C@@H]1C(=O)Nc1ccc(N2CCCS2(=O)=O)cc1. The highest BCUT2D eigenvalue weighted by atomic mass is 32.2. The average Bonchev–Trinajstić information content (AvgIpc) is 3.03. The summed E-state index contributed by atoms with van der Waals surface area (Å²) in [6.45, 7) is 2.60. The second-order valence-electron chi connectivity index (χ2n) is 5.60. The predicted octanol–water partition coefficient (Wildman–Crippen LogP) is 1.82. The number of rotatable bonds is 3. The second kappa shape index (κ2) is 4.77. The van der Waals surface area contributed by atoms with Crippen LogP contribution in [0.5, 0.6) is 0 Å². The fourth-order valence-electron chi connectivity index (χ4n) is 2.56. The van der Waals surface area contributed by atoms with E-state index in [9.17, 15) is 13.2 Å². The third-order valence-corrected chi connectivity index (χ3v) is 5.84. The van der Waals surface area contributed by atoms with Gasteiger partial charge in [-0.3, -0.25) is 9.10 Å². The van der Waals surface area contributed by atoms with E-state index in [1.54, 1.807) is 24.3 Å². The molecule has 1 amide bonds. The third-order valence-electron chi connectivity index (χ3n) is 3.97. The van der Waals surface area contributed by atoms with Gasteiger partial charge in [0.05, 0.1) is 11.4 Å². The Kier molecular flexibility index (Phi) is 3.20. The van der Waals surface area contributed by atoms with E-state index in [1.165, 1.54) is 4.31 Å². The molecule has 0 bridgehead atoms. The molecule has 0 unspecified atom stereocenters. The Balaban J connectivity index is 1.70. The molecule has 20 heavy (non-hydrogen) atoms. The van der Waals surface area contributed by atoms with Crippen molar-refractivity contribution < 1.29 is 13.2 Å². The Bertz CT molecular complexity index is 624. The van der Waals surface area contributed by atoms with Gasteiger partial charge in [-0.25, -0.2) is 8.42 Å². The number of hydrogen-bond donors (Lipinski definition) is 1. The first-order valence-electron chi connectivity index (χ1n) is 6.89. The van der Waals surface area contributed by atoms with Gasteiger partial charge in [0.2, 0.25) is 15.9 Å². The lowest BCUT2D eigenvalue weighted by molar-refractivity contribution is -0.117. The molecule has 1 heterocycles. The summed E-state index contributed by atoms with van der Waals surface area (Å²) in [5.41, 5.74) is 1.38. The molecule has 1 N–H and O–H groups in total. The van der Waals surface area contributed by atoms with Gasteiger partial charge in [-0.1, -0.05) is 6.92 Å². The molecule has 2 aliphatic rings. The van der Waals surface area contributed by atoms with Crippen LogP contribution >= 0.6 is 0 Å². The van der Waals surface area contributed by atoms with Crippen LogP contribution in [0.3, 0.4) is 0 Å². The van der Waals surface area contributed by atoms with Crippen molar-refractivity contribution in [2.24, 2.45) is 11.8 Å². The zero-order chi connectivity index (χ0) is 14.3. The monoisotopic (exact) mass is 294 g/mol. The van der Waals surface area contributed by atoms with E-state index in [4.69, 9.17) is 0 Å². The molecule has 3 rings (SSSR count). The quantitative estimate of drug-likeness (QED) is 0.924. The topological polar surface area (TPSA) is 66.5 Å². The maximum atomic E-state index is 11.8. The maximum Gasteiger partial charge on any atom is 0.235 e. The third kappa shape index (κ3) is 2.52. The lowest BCUT2D eigenvalue weighted by Crippen LogP contribution is -2.25. The molecule has 2 fully saturated rings. The summed E-state index contributed by atoms with van der Waals surface area (Å²) < 4.78 is 25.1. The van der Waals surface area contributed by atoms with Gasteiger partial charge in [0, 0.05) is 18.2 Å². The minimum atomic E-state index is -3.14. The van der Waals surface area contributed by atoms with Gasteiger partial charge in [0.15, 0.2) is 0 Å². The zero-order valence-electron chi connectivity index (χ0n) is 11.4. The molecule has 1 aliphatic heterocycles. The Morgan fingerprint density at radius 1 is 1.30 bits per heavy atom. The van der Waals surface area contributed by atoms with Crippen LogP contribution < -0.4 is 9.62 Å². The van der Waals surface area contributed by atoms with E-state index < -0.39 is 10.0 Å². The highest BCUT2D eigenvalue weighted by molar-refractivity contribution is 7.93.